The van der Waals surface area contributed by atoms with Crippen molar-refractivity contribution in [3.05, 3.63) is 35.4 Å². The molecule has 3 atom stereocenters. The van der Waals surface area contributed by atoms with Crippen LogP contribution in [0.2, 0.25) is 0 Å². The average Bonchev–Trinajstić information content (AvgIpc) is 2.58. The molecule has 0 saturated carbocycles. The van der Waals surface area contributed by atoms with Crippen LogP contribution >= 0.6 is 0 Å². The second-order valence-electron chi connectivity index (χ2n) is 7.01. The number of hydrogen-bond donors (Lipinski definition) is 3. The van der Waals surface area contributed by atoms with Gasteiger partial charge < -0.3 is 24.9 Å². The van der Waals surface area contributed by atoms with Gasteiger partial charge in [0.05, 0.1) is 7.11 Å². The van der Waals surface area contributed by atoms with Gasteiger partial charge in [0.15, 0.2) is 0 Å². The number of benzene rings is 1. The molecule has 0 bridgehead atoms. The Morgan fingerprint density at radius 2 is 2.07 bits per heavy atom. The van der Waals surface area contributed by atoms with Gasteiger partial charge in [-0.3, -0.25) is 0 Å². The topological polar surface area (TPSA) is 99.5 Å². The fraction of sp³-hybridized carbons (Fsp3) is 0.550. The van der Waals surface area contributed by atoms with E-state index in [2.05, 4.69) is 0 Å². The van der Waals surface area contributed by atoms with Gasteiger partial charge in [-0.1, -0.05) is 12.2 Å². The maximum absolute atomic E-state index is 12.6. The number of nitrogens with zero attached hydrogens (tertiary/aromatic N) is 1. The van der Waals surface area contributed by atoms with Crippen molar-refractivity contribution < 1.29 is 29.7 Å². The number of esters is 1. The number of allylic oxidation sites excluding steroid dienone is 1. The Morgan fingerprint density at radius 1 is 1.33 bits per heavy atom. The molecule has 0 amide bonds. The number of fused-ring (bicyclic) bond motifs is 1. The highest BCUT2D eigenvalue weighted by Crippen LogP contribution is 2.32. The zero-order valence-electron chi connectivity index (χ0n) is 16.1. The van der Waals surface area contributed by atoms with Crippen molar-refractivity contribution in [2.24, 2.45) is 5.92 Å². The molecule has 1 aliphatic rings. The van der Waals surface area contributed by atoms with E-state index in [1.165, 1.54) is 18.2 Å². The molecular formula is C20H29NO6. The summed E-state index contributed by atoms with van der Waals surface area (Å²) in [6.07, 6.45) is 5.90. The molecular weight excluding hydrogens is 350 g/mol. The number of cyclic esters (lactones) is 1. The summed E-state index contributed by atoms with van der Waals surface area (Å²) in [5.74, 6) is -1.03. The number of aromatic hydroxyl groups is 2. The van der Waals surface area contributed by atoms with Gasteiger partial charge in [-0.25, -0.2) is 4.79 Å². The molecule has 1 aromatic carbocycles. The van der Waals surface area contributed by atoms with E-state index in [9.17, 15) is 20.1 Å². The highest BCUT2D eigenvalue weighted by Gasteiger charge is 2.25. The molecule has 2 unspecified atom stereocenters. The molecule has 0 spiro atoms. The van der Waals surface area contributed by atoms with Gasteiger partial charge in [0.2, 0.25) is 0 Å². The molecule has 1 heterocycles. The molecule has 150 valence electrons. The first kappa shape index (κ1) is 21.2. The summed E-state index contributed by atoms with van der Waals surface area (Å²) in [5.41, 5.74) is 0.579. The van der Waals surface area contributed by atoms with Crippen LogP contribution in [-0.4, -0.2) is 52.8 Å². The minimum atomic E-state index is -0.807. The number of aliphatic hydroxyl groups excluding tert-OH is 1. The quantitative estimate of drug-likeness (QED) is 0.320. The van der Waals surface area contributed by atoms with Crippen molar-refractivity contribution in [1.29, 1.82) is 0 Å². The third kappa shape index (κ3) is 5.95. The van der Waals surface area contributed by atoms with Gasteiger partial charge in [-0.2, -0.15) is 5.06 Å². The number of phenolic OH excluding ortho intramolecular Hbond substituents is 2. The second kappa shape index (κ2) is 9.73. The maximum atomic E-state index is 12.6. The monoisotopic (exact) mass is 379 g/mol. The van der Waals surface area contributed by atoms with Gasteiger partial charge in [0.1, 0.15) is 29.4 Å². The lowest BCUT2D eigenvalue weighted by molar-refractivity contribution is -0.208. The SMILES string of the molecule is CON(C)C(O)CC1CC/C=C/C[C@H](C)OC(=O)c2c(O)cc(O)cc2C1. The number of ether oxygens (including phenoxy) is 1. The number of hydroxylamine groups is 2. The largest absolute Gasteiger partial charge is 0.508 e. The molecule has 0 aliphatic carbocycles. The molecule has 0 saturated heterocycles. The van der Waals surface area contributed by atoms with E-state index in [1.807, 2.05) is 12.2 Å². The van der Waals surface area contributed by atoms with Crippen molar-refractivity contribution in [3.8, 4) is 11.5 Å². The third-order valence-corrected chi connectivity index (χ3v) is 4.83. The maximum Gasteiger partial charge on any atom is 0.342 e. The van der Waals surface area contributed by atoms with Gasteiger partial charge in [0, 0.05) is 19.5 Å². The molecule has 2 rings (SSSR count). The van der Waals surface area contributed by atoms with Gasteiger partial charge in [-0.15, -0.1) is 0 Å². The molecule has 7 nitrogen and oxygen atoms in total. The van der Waals surface area contributed by atoms with Crippen LogP contribution in [0.25, 0.3) is 0 Å². The van der Waals surface area contributed by atoms with E-state index >= 15 is 0 Å². The number of phenols is 2. The van der Waals surface area contributed by atoms with E-state index in [0.717, 1.165) is 18.9 Å². The summed E-state index contributed by atoms with van der Waals surface area (Å²) < 4.78 is 5.43. The number of rotatable bonds is 4. The predicted molar refractivity (Wildman–Crippen MR) is 100 cm³/mol. The van der Waals surface area contributed by atoms with Crippen LogP contribution in [0.3, 0.4) is 0 Å². The lowest BCUT2D eigenvalue weighted by atomic mass is 9.88. The lowest BCUT2D eigenvalue weighted by Gasteiger charge is -2.26. The first-order valence-electron chi connectivity index (χ1n) is 9.17. The van der Waals surface area contributed by atoms with E-state index in [4.69, 9.17) is 9.57 Å². The number of carbonyl (C=O) groups is 1. The standard InChI is InChI=1S/C20H29NO6/c1-13-7-5-4-6-8-14(10-18(24)21(2)26-3)9-15-11-16(22)12-17(23)19(15)20(25)27-13/h4-5,11-14,18,22-24H,6-10H2,1-3H3/b5-4+/t13-,14?,18?/m0/s1. The van der Waals surface area contributed by atoms with E-state index < -0.39 is 12.2 Å². The number of carbonyl (C=O) groups excluding carboxylic acids is 1. The first-order valence-corrected chi connectivity index (χ1v) is 9.17. The minimum Gasteiger partial charge on any atom is -0.508 e. The minimum absolute atomic E-state index is 0.00634. The summed E-state index contributed by atoms with van der Waals surface area (Å²) in [6.45, 7) is 1.80. The van der Waals surface area contributed by atoms with Crippen LogP contribution in [0.5, 0.6) is 11.5 Å². The zero-order valence-corrected chi connectivity index (χ0v) is 16.1. The summed E-state index contributed by atoms with van der Waals surface area (Å²) in [4.78, 5) is 17.6. The van der Waals surface area contributed by atoms with E-state index in [1.54, 1.807) is 14.0 Å². The van der Waals surface area contributed by atoms with Crippen LogP contribution in [0.15, 0.2) is 24.3 Å². The summed E-state index contributed by atoms with van der Waals surface area (Å²) in [7, 11) is 3.12. The molecule has 27 heavy (non-hydrogen) atoms. The van der Waals surface area contributed by atoms with Crippen LogP contribution in [0.4, 0.5) is 0 Å². The Balaban J connectivity index is 2.36. The molecule has 7 heteroatoms. The Kier molecular flexibility index (Phi) is 7.65. The number of hydrogen-bond acceptors (Lipinski definition) is 7. The van der Waals surface area contributed by atoms with Crippen LogP contribution < -0.4 is 0 Å². The van der Waals surface area contributed by atoms with Crippen LogP contribution in [0.1, 0.15) is 48.5 Å². The van der Waals surface area contributed by atoms with Crippen molar-refractivity contribution in [2.75, 3.05) is 14.2 Å². The van der Waals surface area contributed by atoms with Crippen LogP contribution in [0, 0.1) is 5.92 Å². The van der Waals surface area contributed by atoms with Crippen molar-refractivity contribution >= 4 is 5.97 Å². The van der Waals surface area contributed by atoms with Crippen molar-refractivity contribution in [1.82, 2.24) is 5.06 Å². The molecule has 3 N–H and O–H groups in total. The molecule has 1 aliphatic heterocycles. The Hall–Kier alpha value is -2.09. The average molecular weight is 379 g/mol. The smallest absolute Gasteiger partial charge is 0.342 e. The molecule has 0 fully saturated rings. The van der Waals surface area contributed by atoms with Gasteiger partial charge >= 0.3 is 5.97 Å². The normalized spacial score (nSPS) is 23.7. The highest BCUT2D eigenvalue weighted by atomic mass is 16.7. The Labute approximate surface area is 159 Å². The highest BCUT2D eigenvalue weighted by molar-refractivity contribution is 5.94. The van der Waals surface area contributed by atoms with E-state index in [0.29, 0.717) is 24.8 Å². The second-order valence-corrected chi connectivity index (χ2v) is 7.01. The number of aliphatic hydroxyl groups is 1. The lowest BCUT2D eigenvalue weighted by Crippen LogP contribution is -2.33. The van der Waals surface area contributed by atoms with Crippen LogP contribution in [-0.2, 0) is 16.0 Å². The third-order valence-electron chi connectivity index (χ3n) is 4.83. The Bertz CT molecular complexity index is 675. The first-order chi connectivity index (χ1) is 12.8. The fourth-order valence-electron chi connectivity index (χ4n) is 3.28. The molecule has 0 aromatic heterocycles. The zero-order chi connectivity index (χ0) is 20.0. The molecule has 0 radical (unpaired) electrons. The van der Waals surface area contributed by atoms with Gasteiger partial charge in [-0.05, 0) is 50.2 Å². The summed E-state index contributed by atoms with van der Waals surface area (Å²) in [5, 5.41) is 31.8. The fourth-order valence-corrected chi connectivity index (χ4v) is 3.28. The molecule has 1 aromatic rings. The van der Waals surface area contributed by atoms with Crippen molar-refractivity contribution in [2.45, 2.75) is 51.4 Å². The summed E-state index contributed by atoms with van der Waals surface area (Å²) >= 11 is 0. The predicted octanol–water partition coefficient (Wildman–Crippen LogP) is 2.74. The Morgan fingerprint density at radius 3 is 2.78 bits per heavy atom. The van der Waals surface area contributed by atoms with Crippen molar-refractivity contribution in [3.63, 3.8) is 0 Å². The summed E-state index contributed by atoms with van der Waals surface area (Å²) in [6, 6.07) is 2.61. The van der Waals surface area contributed by atoms with Gasteiger partial charge in [0.25, 0.3) is 0 Å². The van der Waals surface area contributed by atoms with E-state index in [-0.39, 0.29) is 29.1 Å².